The standard InChI is InChI=1S/C11H14N2O2/c1-8(6-12)11(14)13(3)7-10-4-5-15-9(10)2/h4-5,8H,7H2,1-3H3. The van der Waals surface area contributed by atoms with Gasteiger partial charge in [0, 0.05) is 19.2 Å². The molecule has 0 saturated heterocycles. The summed E-state index contributed by atoms with van der Waals surface area (Å²) in [5, 5.41) is 8.62. The van der Waals surface area contributed by atoms with Gasteiger partial charge in [0.25, 0.3) is 0 Å². The van der Waals surface area contributed by atoms with Crippen molar-refractivity contribution in [2.45, 2.75) is 20.4 Å². The summed E-state index contributed by atoms with van der Waals surface area (Å²) in [6.07, 6.45) is 1.59. The van der Waals surface area contributed by atoms with Gasteiger partial charge in [-0.05, 0) is 19.9 Å². The summed E-state index contributed by atoms with van der Waals surface area (Å²) in [7, 11) is 1.68. The van der Waals surface area contributed by atoms with Crippen molar-refractivity contribution in [3.63, 3.8) is 0 Å². The predicted octanol–water partition coefficient (Wildman–Crippen LogP) is 1.71. The monoisotopic (exact) mass is 206 g/mol. The molecular weight excluding hydrogens is 192 g/mol. The Morgan fingerprint density at radius 3 is 2.87 bits per heavy atom. The summed E-state index contributed by atoms with van der Waals surface area (Å²) in [5.74, 6) is 0.0413. The SMILES string of the molecule is Cc1occc1CN(C)C(=O)C(C)C#N. The molecule has 15 heavy (non-hydrogen) atoms. The van der Waals surface area contributed by atoms with E-state index in [1.165, 1.54) is 4.90 Å². The van der Waals surface area contributed by atoms with Gasteiger partial charge in [-0.25, -0.2) is 0 Å². The van der Waals surface area contributed by atoms with Crippen molar-refractivity contribution in [3.05, 3.63) is 23.7 Å². The summed E-state index contributed by atoms with van der Waals surface area (Å²) < 4.78 is 5.13. The number of rotatable bonds is 3. The van der Waals surface area contributed by atoms with Crippen LogP contribution in [0.5, 0.6) is 0 Å². The zero-order chi connectivity index (χ0) is 11.4. The molecule has 1 atom stereocenters. The molecule has 1 unspecified atom stereocenters. The van der Waals surface area contributed by atoms with Gasteiger partial charge in [-0.15, -0.1) is 0 Å². The highest BCUT2D eigenvalue weighted by molar-refractivity contribution is 5.80. The number of nitrogens with zero attached hydrogens (tertiary/aromatic N) is 2. The molecule has 0 spiro atoms. The maximum Gasteiger partial charge on any atom is 0.239 e. The minimum atomic E-state index is -0.595. The second kappa shape index (κ2) is 4.65. The van der Waals surface area contributed by atoms with Crippen LogP contribution in [-0.2, 0) is 11.3 Å². The van der Waals surface area contributed by atoms with Crippen molar-refractivity contribution >= 4 is 5.91 Å². The quantitative estimate of drug-likeness (QED) is 0.756. The summed E-state index contributed by atoms with van der Waals surface area (Å²) in [6.45, 7) is 3.93. The van der Waals surface area contributed by atoms with Crippen molar-refractivity contribution in [2.75, 3.05) is 7.05 Å². The van der Waals surface area contributed by atoms with Crippen LogP contribution in [0.1, 0.15) is 18.2 Å². The first-order valence-electron chi connectivity index (χ1n) is 4.73. The Kier molecular flexibility index (Phi) is 3.51. The Balaban J connectivity index is 2.65. The first-order valence-corrected chi connectivity index (χ1v) is 4.73. The first kappa shape index (κ1) is 11.3. The van der Waals surface area contributed by atoms with Crippen molar-refractivity contribution in [3.8, 4) is 6.07 Å². The fourth-order valence-electron chi connectivity index (χ4n) is 1.29. The van der Waals surface area contributed by atoms with Gasteiger partial charge in [-0.3, -0.25) is 4.79 Å². The molecule has 0 aliphatic carbocycles. The molecule has 80 valence electrons. The van der Waals surface area contributed by atoms with E-state index in [9.17, 15) is 4.79 Å². The third kappa shape index (κ3) is 2.59. The van der Waals surface area contributed by atoms with Crippen LogP contribution in [0.4, 0.5) is 0 Å². The Bertz CT molecular complexity index is 390. The van der Waals surface area contributed by atoms with E-state index >= 15 is 0 Å². The van der Waals surface area contributed by atoms with Gasteiger partial charge in [0.15, 0.2) is 0 Å². The minimum Gasteiger partial charge on any atom is -0.469 e. The molecule has 0 saturated carbocycles. The lowest BCUT2D eigenvalue weighted by atomic mass is 10.1. The van der Waals surface area contributed by atoms with Crippen molar-refractivity contribution in [1.29, 1.82) is 5.26 Å². The Morgan fingerprint density at radius 1 is 1.73 bits per heavy atom. The lowest BCUT2D eigenvalue weighted by molar-refractivity contribution is -0.132. The highest BCUT2D eigenvalue weighted by Gasteiger charge is 2.17. The van der Waals surface area contributed by atoms with E-state index in [1.54, 1.807) is 20.2 Å². The van der Waals surface area contributed by atoms with E-state index in [0.29, 0.717) is 6.54 Å². The molecule has 0 aliphatic rings. The second-order valence-electron chi connectivity index (χ2n) is 3.55. The fourth-order valence-corrected chi connectivity index (χ4v) is 1.29. The summed E-state index contributed by atoms with van der Waals surface area (Å²) >= 11 is 0. The minimum absolute atomic E-state index is 0.168. The van der Waals surface area contributed by atoms with Crippen LogP contribution in [0.3, 0.4) is 0 Å². The summed E-state index contributed by atoms with van der Waals surface area (Å²) in [4.78, 5) is 13.1. The number of hydrogen-bond donors (Lipinski definition) is 0. The van der Waals surface area contributed by atoms with Crippen molar-refractivity contribution in [2.24, 2.45) is 5.92 Å². The summed E-state index contributed by atoms with van der Waals surface area (Å²) in [6, 6.07) is 3.75. The zero-order valence-corrected chi connectivity index (χ0v) is 9.15. The Hall–Kier alpha value is -1.76. The Labute approximate surface area is 89.1 Å². The average molecular weight is 206 g/mol. The number of hydrogen-bond acceptors (Lipinski definition) is 3. The number of furan rings is 1. The highest BCUT2D eigenvalue weighted by atomic mass is 16.3. The topological polar surface area (TPSA) is 57.2 Å². The van der Waals surface area contributed by atoms with Crippen LogP contribution >= 0.6 is 0 Å². The van der Waals surface area contributed by atoms with E-state index in [4.69, 9.17) is 9.68 Å². The average Bonchev–Trinajstić information content (AvgIpc) is 2.62. The molecule has 0 aliphatic heterocycles. The molecule has 4 heteroatoms. The molecule has 1 rings (SSSR count). The molecule has 1 heterocycles. The van der Waals surface area contributed by atoms with E-state index in [2.05, 4.69) is 0 Å². The number of aryl methyl sites for hydroxylation is 1. The van der Waals surface area contributed by atoms with Crippen LogP contribution in [0.15, 0.2) is 16.7 Å². The van der Waals surface area contributed by atoms with Crippen LogP contribution in [0.25, 0.3) is 0 Å². The zero-order valence-electron chi connectivity index (χ0n) is 9.15. The second-order valence-corrected chi connectivity index (χ2v) is 3.55. The van der Waals surface area contributed by atoms with Gasteiger partial charge in [0.2, 0.25) is 5.91 Å². The molecule has 0 N–H and O–H groups in total. The number of carbonyl (C=O) groups is 1. The molecule has 1 aromatic heterocycles. The molecule has 0 fully saturated rings. The van der Waals surface area contributed by atoms with Gasteiger partial charge in [0.1, 0.15) is 11.7 Å². The molecule has 1 aromatic rings. The van der Waals surface area contributed by atoms with Crippen LogP contribution in [0, 0.1) is 24.2 Å². The smallest absolute Gasteiger partial charge is 0.239 e. The van der Waals surface area contributed by atoms with Gasteiger partial charge in [0.05, 0.1) is 12.3 Å². The fraction of sp³-hybridized carbons (Fsp3) is 0.455. The number of nitriles is 1. The summed E-state index contributed by atoms with van der Waals surface area (Å²) in [5.41, 5.74) is 0.969. The van der Waals surface area contributed by atoms with E-state index < -0.39 is 5.92 Å². The van der Waals surface area contributed by atoms with Crippen LogP contribution < -0.4 is 0 Å². The maximum absolute atomic E-state index is 11.6. The molecule has 1 amide bonds. The lowest BCUT2D eigenvalue weighted by Crippen LogP contribution is -2.30. The van der Waals surface area contributed by atoms with Gasteiger partial charge < -0.3 is 9.32 Å². The normalized spacial score (nSPS) is 11.9. The lowest BCUT2D eigenvalue weighted by Gasteiger charge is -2.17. The van der Waals surface area contributed by atoms with Gasteiger partial charge in [-0.1, -0.05) is 0 Å². The molecular formula is C11H14N2O2. The maximum atomic E-state index is 11.6. The Morgan fingerprint density at radius 2 is 2.40 bits per heavy atom. The highest BCUT2D eigenvalue weighted by Crippen LogP contribution is 2.12. The number of carbonyl (C=O) groups excluding carboxylic acids is 1. The molecule has 4 nitrogen and oxygen atoms in total. The van der Waals surface area contributed by atoms with Gasteiger partial charge in [-0.2, -0.15) is 5.26 Å². The van der Waals surface area contributed by atoms with E-state index in [0.717, 1.165) is 11.3 Å². The van der Waals surface area contributed by atoms with Crippen LogP contribution in [-0.4, -0.2) is 17.9 Å². The van der Waals surface area contributed by atoms with E-state index in [1.807, 2.05) is 19.1 Å². The van der Waals surface area contributed by atoms with Gasteiger partial charge >= 0.3 is 0 Å². The third-order valence-corrected chi connectivity index (χ3v) is 2.31. The van der Waals surface area contributed by atoms with Crippen molar-refractivity contribution in [1.82, 2.24) is 4.90 Å². The largest absolute Gasteiger partial charge is 0.469 e. The van der Waals surface area contributed by atoms with E-state index in [-0.39, 0.29) is 5.91 Å². The molecule has 0 bridgehead atoms. The molecule has 0 radical (unpaired) electrons. The number of amides is 1. The predicted molar refractivity (Wildman–Crippen MR) is 54.7 cm³/mol. The molecule has 0 aromatic carbocycles. The van der Waals surface area contributed by atoms with Crippen LogP contribution in [0.2, 0.25) is 0 Å². The van der Waals surface area contributed by atoms with Crippen molar-refractivity contribution < 1.29 is 9.21 Å². The third-order valence-electron chi connectivity index (χ3n) is 2.31. The first-order chi connectivity index (χ1) is 7.06.